The maximum Gasteiger partial charge on any atom is 0.254 e. The Hall–Kier alpha value is -1.88. The highest BCUT2D eigenvalue weighted by Gasteiger charge is 2.76. The summed E-state index contributed by atoms with van der Waals surface area (Å²) in [7, 11) is 0. The van der Waals surface area contributed by atoms with Crippen LogP contribution in [-0.4, -0.2) is 40.1 Å². The van der Waals surface area contributed by atoms with E-state index in [2.05, 4.69) is 6.92 Å². The van der Waals surface area contributed by atoms with Gasteiger partial charge in [0.2, 0.25) is 5.91 Å². The number of carbonyl (C=O) groups is 2. The Morgan fingerprint density at radius 2 is 2.04 bits per heavy atom. The van der Waals surface area contributed by atoms with Crippen LogP contribution < -0.4 is 4.90 Å². The monoisotopic (exact) mass is 326 g/mol. The molecule has 2 amide bonds. The van der Waals surface area contributed by atoms with E-state index < -0.39 is 11.8 Å². The van der Waals surface area contributed by atoms with E-state index in [1.807, 2.05) is 34.1 Å². The standard InChI is InChI=1S/C19H22N2O3/c1-2-18-9-5-11-20-17(24)16(23)15-12-6-3-4-7-13(12)21(19(15,18)20)14(22)8-10-18/h3-4,6-7,15-16,23H,2,5,8-11H2,1H3/t15-,16-,18-,19?/m1/s1. The topological polar surface area (TPSA) is 60.9 Å². The van der Waals surface area contributed by atoms with E-state index in [9.17, 15) is 14.7 Å². The number of rotatable bonds is 1. The average Bonchev–Trinajstić information content (AvgIpc) is 3.03. The summed E-state index contributed by atoms with van der Waals surface area (Å²) >= 11 is 0. The van der Waals surface area contributed by atoms with Gasteiger partial charge < -0.3 is 10.0 Å². The molecule has 0 aromatic heterocycles. The molecular formula is C19H22N2O3. The zero-order valence-corrected chi connectivity index (χ0v) is 13.9. The van der Waals surface area contributed by atoms with Gasteiger partial charge in [0.15, 0.2) is 0 Å². The summed E-state index contributed by atoms with van der Waals surface area (Å²) < 4.78 is 0. The van der Waals surface area contributed by atoms with Crippen LogP contribution in [0.3, 0.4) is 0 Å². The predicted molar refractivity (Wildman–Crippen MR) is 88.3 cm³/mol. The van der Waals surface area contributed by atoms with Gasteiger partial charge in [-0.1, -0.05) is 25.1 Å². The molecule has 1 aromatic rings. The summed E-state index contributed by atoms with van der Waals surface area (Å²) in [5.74, 6) is -0.444. The molecule has 0 bridgehead atoms. The molecule has 5 rings (SSSR count). The molecule has 3 fully saturated rings. The quantitative estimate of drug-likeness (QED) is 0.859. The van der Waals surface area contributed by atoms with Crippen molar-refractivity contribution in [1.29, 1.82) is 0 Å². The van der Waals surface area contributed by atoms with Gasteiger partial charge in [-0.3, -0.25) is 14.5 Å². The Morgan fingerprint density at radius 1 is 1.25 bits per heavy atom. The summed E-state index contributed by atoms with van der Waals surface area (Å²) in [5.41, 5.74) is 1.02. The average molecular weight is 326 g/mol. The minimum absolute atomic E-state index is 0.0859. The van der Waals surface area contributed by atoms with Crippen LogP contribution >= 0.6 is 0 Å². The van der Waals surface area contributed by atoms with Gasteiger partial charge >= 0.3 is 0 Å². The number of piperidine rings is 2. The second kappa shape index (κ2) is 4.39. The summed E-state index contributed by atoms with van der Waals surface area (Å²) in [4.78, 5) is 29.6. The van der Waals surface area contributed by atoms with Crippen LogP contribution in [0.2, 0.25) is 0 Å². The van der Waals surface area contributed by atoms with E-state index >= 15 is 0 Å². The molecule has 1 unspecified atom stereocenters. The van der Waals surface area contributed by atoms with Crippen molar-refractivity contribution in [2.45, 2.75) is 56.7 Å². The summed E-state index contributed by atoms with van der Waals surface area (Å²) in [6, 6.07) is 7.83. The highest BCUT2D eigenvalue weighted by Crippen LogP contribution is 2.68. The Balaban J connectivity index is 1.87. The lowest BCUT2D eigenvalue weighted by molar-refractivity contribution is -0.151. The number of nitrogens with zero attached hydrogens (tertiary/aromatic N) is 2. The van der Waals surface area contributed by atoms with Crippen LogP contribution in [0.4, 0.5) is 5.69 Å². The van der Waals surface area contributed by atoms with E-state index in [1.54, 1.807) is 0 Å². The lowest BCUT2D eigenvalue weighted by Crippen LogP contribution is -2.73. The molecule has 0 aliphatic carbocycles. The number of para-hydroxylation sites is 1. The number of hydrogen-bond acceptors (Lipinski definition) is 3. The van der Waals surface area contributed by atoms with Crippen LogP contribution in [0, 0.1) is 5.41 Å². The van der Waals surface area contributed by atoms with Crippen molar-refractivity contribution in [2.24, 2.45) is 5.41 Å². The molecule has 3 saturated heterocycles. The first-order chi connectivity index (χ1) is 11.6. The second-order valence-corrected chi connectivity index (χ2v) is 7.66. The second-order valence-electron chi connectivity index (χ2n) is 7.66. The van der Waals surface area contributed by atoms with Gasteiger partial charge in [-0.05, 0) is 37.3 Å². The number of benzene rings is 1. The first-order valence-corrected chi connectivity index (χ1v) is 9.00. The molecule has 4 atom stereocenters. The minimum atomic E-state index is -1.05. The van der Waals surface area contributed by atoms with Crippen molar-refractivity contribution in [1.82, 2.24) is 4.90 Å². The van der Waals surface area contributed by atoms with Gasteiger partial charge in [-0.25, -0.2) is 0 Å². The normalized spacial score (nSPS) is 39.8. The van der Waals surface area contributed by atoms with Crippen molar-refractivity contribution in [3.05, 3.63) is 29.8 Å². The number of aliphatic hydroxyl groups excluding tert-OH is 1. The van der Waals surface area contributed by atoms with Crippen LogP contribution in [0.5, 0.6) is 0 Å². The van der Waals surface area contributed by atoms with Crippen molar-refractivity contribution in [3.8, 4) is 0 Å². The summed E-state index contributed by atoms with van der Waals surface area (Å²) in [6.07, 6.45) is 3.14. The van der Waals surface area contributed by atoms with E-state index in [4.69, 9.17) is 0 Å². The van der Waals surface area contributed by atoms with Crippen LogP contribution in [-0.2, 0) is 9.59 Å². The molecule has 5 nitrogen and oxygen atoms in total. The van der Waals surface area contributed by atoms with Gasteiger partial charge in [-0.15, -0.1) is 0 Å². The molecule has 0 radical (unpaired) electrons. The predicted octanol–water partition coefficient (Wildman–Crippen LogP) is 2.00. The van der Waals surface area contributed by atoms with Gasteiger partial charge in [-0.2, -0.15) is 0 Å². The first kappa shape index (κ1) is 14.5. The zero-order valence-electron chi connectivity index (χ0n) is 13.9. The highest BCUT2D eigenvalue weighted by molar-refractivity contribution is 6.03. The summed E-state index contributed by atoms with van der Waals surface area (Å²) in [5, 5.41) is 10.9. The van der Waals surface area contributed by atoms with Crippen molar-refractivity contribution in [2.75, 3.05) is 11.4 Å². The molecule has 4 aliphatic rings. The third-order valence-corrected chi connectivity index (χ3v) is 7.09. The third kappa shape index (κ3) is 1.27. The largest absolute Gasteiger partial charge is 0.382 e. The fourth-order valence-corrected chi connectivity index (χ4v) is 6.24. The van der Waals surface area contributed by atoms with Crippen molar-refractivity contribution < 1.29 is 14.7 Å². The molecule has 4 heterocycles. The number of amides is 2. The van der Waals surface area contributed by atoms with Crippen molar-refractivity contribution in [3.63, 3.8) is 0 Å². The highest BCUT2D eigenvalue weighted by atomic mass is 16.3. The maximum absolute atomic E-state index is 13.0. The lowest BCUT2D eigenvalue weighted by Gasteiger charge is -2.62. The Kier molecular flexibility index (Phi) is 2.65. The van der Waals surface area contributed by atoms with Gasteiger partial charge in [0.1, 0.15) is 11.8 Å². The Morgan fingerprint density at radius 3 is 2.83 bits per heavy atom. The molecule has 1 spiro atoms. The third-order valence-electron chi connectivity index (χ3n) is 7.09. The smallest absolute Gasteiger partial charge is 0.254 e. The maximum atomic E-state index is 13.0. The fourth-order valence-electron chi connectivity index (χ4n) is 6.24. The SMILES string of the molecule is CC[C@@]12CCCN3C(=O)[C@H](O)[C@H]4c5ccccc5N(C(=O)CC1)C432. The van der Waals surface area contributed by atoms with Crippen LogP contribution in [0.25, 0.3) is 0 Å². The van der Waals surface area contributed by atoms with E-state index in [0.717, 1.165) is 36.9 Å². The number of fused-ring (bicyclic) bond motifs is 3. The zero-order chi connectivity index (χ0) is 16.7. The molecular weight excluding hydrogens is 304 g/mol. The molecule has 4 aliphatic heterocycles. The molecule has 24 heavy (non-hydrogen) atoms. The number of carbonyl (C=O) groups excluding carboxylic acids is 2. The Bertz CT molecular complexity index is 763. The summed E-state index contributed by atoms with van der Waals surface area (Å²) in [6.45, 7) is 2.80. The molecule has 0 saturated carbocycles. The van der Waals surface area contributed by atoms with E-state index in [-0.39, 0.29) is 23.1 Å². The van der Waals surface area contributed by atoms with Crippen LogP contribution in [0.15, 0.2) is 24.3 Å². The van der Waals surface area contributed by atoms with Crippen molar-refractivity contribution >= 4 is 17.5 Å². The van der Waals surface area contributed by atoms with Gasteiger partial charge in [0.25, 0.3) is 5.91 Å². The van der Waals surface area contributed by atoms with Gasteiger partial charge in [0.05, 0.1) is 5.92 Å². The molecule has 1 aromatic carbocycles. The van der Waals surface area contributed by atoms with E-state index in [0.29, 0.717) is 13.0 Å². The number of hydrogen-bond donors (Lipinski definition) is 1. The molecule has 5 heteroatoms. The number of anilines is 1. The molecule has 1 N–H and O–H groups in total. The minimum Gasteiger partial charge on any atom is -0.382 e. The number of aliphatic hydroxyl groups is 1. The first-order valence-electron chi connectivity index (χ1n) is 9.00. The lowest BCUT2D eigenvalue weighted by atomic mass is 9.58. The molecule has 126 valence electrons. The van der Waals surface area contributed by atoms with E-state index in [1.165, 1.54) is 0 Å². The Labute approximate surface area is 141 Å². The fraction of sp³-hybridized carbons (Fsp3) is 0.579. The van der Waals surface area contributed by atoms with Gasteiger partial charge in [0, 0.05) is 24.1 Å². The van der Waals surface area contributed by atoms with Crippen LogP contribution in [0.1, 0.15) is 50.5 Å².